The van der Waals surface area contributed by atoms with E-state index in [9.17, 15) is 9.59 Å². The van der Waals surface area contributed by atoms with E-state index in [1.807, 2.05) is 11.4 Å². The van der Waals surface area contributed by atoms with Gasteiger partial charge in [-0.2, -0.15) is 4.68 Å². The third kappa shape index (κ3) is 3.43. The van der Waals surface area contributed by atoms with E-state index in [1.165, 1.54) is 22.3 Å². The van der Waals surface area contributed by atoms with Gasteiger partial charge in [0.25, 0.3) is 5.91 Å². The van der Waals surface area contributed by atoms with Crippen molar-refractivity contribution >= 4 is 23.0 Å². The number of aromatic nitrogens is 4. The van der Waals surface area contributed by atoms with Crippen LogP contribution in [0, 0.1) is 5.92 Å². The molecule has 1 amide bonds. The molecule has 10 heteroatoms. The molecule has 1 saturated heterocycles. The predicted molar refractivity (Wildman–Crippen MR) is 107 cm³/mol. The minimum Gasteiger partial charge on any atom is -0.486 e. The molecular formula is C20H19N5O4S. The lowest BCUT2D eigenvalue weighted by Crippen LogP contribution is -2.40. The van der Waals surface area contributed by atoms with Crippen LogP contribution in [0.1, 0.15) is 32.9 Å². The number of hydrogen-bond acceptors (Lipinski definition) is 8. The summed E-state index contributed by atoms with van der Waals surface area (Å²) in [4.78, 5) is 28.4. The molecule has 1 fully saturated rings. The number of benzene rings is 1. The Hall–Kier alpha value is -3.27. The first-order chi connectivity index (χ1) is 14.7. The number of amides is 1. The van der Waals surface area contributed by atoms with Crippen molar-refractivity contribution in [3.63, 3.8) is 0 Å². The van der Waals surface area contributed by atoms with E-state index in [-0.39, 0.29) is 17.6 Å². The van der Waals surface area contributed by atoms with E-state index in [2.05, 4.69) is 15.5 Å². The highest BCUT2D eigenvalue weighted by molar-refractivity contribution is 7.12. The molecule has 0 unspecified atom stereocenters. The van der Waals surface area contributed by atoms with E-state index in [0.717, 1.165) is 0 Å². The van der Waals surface area contributed by atoms with Crippen molar-refractivity contribution in [1.82, 2.24) is 25.1 Å². The van der Waals surface area contributed by atoms with Gasteiger partial charge in [-0.3, -0.25) is 9.59 Å². The summed E-state index contributed by atoms with van der Waals surface area (Å²) in [7, 11) is 0. The van der Waals surface area contributed by atoms with Crippen LogP contribution in [0.5, 0.6) is 11.5 Å². The van der Waals surface area contributed by atoms with Crippen LogP contribution in [-0.2, 0) is 0 Å². The van der Waals surface area contributed by atoms with Gasteiger partial charge in [0.1, 0.15) is 24.4 Å². The molecule has 2 aromatic heterocycles. The van der Waals surface area contributed by atoms with E-state index >= 15 is 0 Å². The van der Waals surface area contributed by atoms with E-state index in [4.69, 9.17) is 9.47 Å². The molecule has 0 spiro atoms. The Balaban J connectivity index is 1.25. The quantitative estimate of drug-likeness (QED) is 0.591. The fourth-order valence-electron chi connectivity index (χ4n) is 3.84. The highest BCUT2D eigenvalue weighted by Crippen LogP contribution is 2.33. The lowest BCUT2D eigenvalue weighted by atomic mass is 9.88. The van der Waals surface area contributed by atoms with Gasteiger partial charge in [-0.25, -0.2) is 0 Å². The van der Waals surface area contributed by atoms with Crippen molar-refractivity contribution in [2.24, 2.45) is 5.92 Å². The lowest BCUT2D eigenvalue weighted by Gasteiger charge is -2.31. The molecule has 154 valence electrons. The number of tetrazole rings is 1. The molecule has 0 saturated carbocycles. The third-order valence-corrected chi connectivity index (χ3v) is 6.31. The van der Waals surface area contributed by atoms with Gasteiger partial charge in [-0.05, 0) is 52.9 Å². The molecule has 9 nitrogen and oxygen atoms in total. The number of carbonyl (C=O) groups is 2. The number of Topliss-reactive ketones (excluding diaryl/α,β-unsaturated/α-hetero) is 1. The van der Waals surface area contributed by atoms with Crippen LogP contribution in [0.2, 0.25) is 0 Å². The number of carbonyl (C=O) groups excluding carboxylic acids is 2. The maximum atomic E-state index is 13.0. The summed E-state index contributed by atoms with van der Waals surface area (Å²) in [5.41, 5.74) is 1.30. The number of thiophene rings is 1. The van der Waals surface area contributed by atoms with Crippen LogP contribution >= 0.6 is 11.3 Å². The number of piperidine rings is 1. The number of nitrogens with zero attached hydrogens (tertiary/aromatic N) is 5. The minimum absolute atomic E-state index is 0.0549. The molecule has 0 radical (unpaired) electrons. The molecular weight excluding hydrogens is 406 g/mol. The van der Waals surface area contributed by atoms with Gasteiger partial charge in [-0.1, -0.05) is 0 Å². The summed E-state index contributed by atoms with van der Waals surface area (Å²) in [6.07, 6.45) is 2.73. The molecule has 0 aliphatic carbocycles. The number of hydrogen-bond donors (Lipinski definition) is 0. The molecule has 2 aliphatic rings. The highest BCUT2D eigenvalue weighted by atomic mass is 32.1. The zero-order valence-electron chi connectivity index (χ0n) is 16.1. The molecule has 30 heavy (non-hydrogen) atoms. The Morgan fingerprint density at radius 3 is 2.63 bits per heavy atom. The maximum Gasteiger partial charge on any atom is 0.266 e. The van der Waals surface area contributed by atoms with Crippen molar-refractivity contribution in [1.29, 1.82) is 0 Å². The van der Waals surface area contributed by atoms with E-state index in [1.54, 1.807) is 23.1 Å². The van der Waals surface area contributed by atoms with Crippen LogP contribution < -0.4 is 9.47 Å². The summed E-state index contributed by atoms with van der Waals surface area (Å²) in [6, 6.07) is 7.17. The standard InChI is InChI=1S/C20H19N5O4S/c26-18(14-1-2-16-17(11-14)29-9-8-28-16)13-3-6-24(7-4-13)20(27)19-15(5-10-30-19)25-12-21-22-23-25/h1-2,5,10-13H,3-4,6-9H2. The molecule has 0 atom stereocenters. The minimum atomic E-state index is -0.112. The lowest BCUT2D eigenvalue weighted by molar-refractivity contribution is 0.0654. The SMILES string of the molecule is O=C(c1ccc2c(c1)OCCO2)C1CCN(C(=O)c2sccc2-n2cnnn2)CC1. The van der Waals surface area contributed by atoms with Crippen LogP contribution in [0.25, 0.3) is 5.69 Å². The van der Waals surface area contributed by atoms with Gasteiger partial charge in [0.05, 0.1) is 5.69 Å². The van der Waals surface area contributed by atoms with Gasteiger partial charge in [0.15, 0.2) is 17.3 Å². The van der Waals surface area contributed by atoms with Crippen molar-refractivity contribution in [3.8, 4) is 17.2 Å². The van der Waals surface area contributed by atoms with Crippen LogP contribution in [0.3, 0.4) is 0 Å². The first kappa shape index (κ1) is 18.7. The topological polar surface area (TPSA) is 99.4 Å². The summed E-state index contributed by atoms with van der Waals surface area (Å²) >= 11 is 1.37. The van der Waals surface area contributed by atoms with Crippen LogP contribution in [-0.4, -0.2) is 63.1 Å². The third-order valence-electron chi connectivity index (χ3n) is 5.41. The van der Waals surface area contributed by atoms with Gasteiger partial charge in [0.2, 0.25) is 0 Å². The summed E-state index contributed by atoms with van der Waals surface area (Å²) < 4.78 is 12.6. The summed E-state index contributed by atoms with van der Waals surface area (Å²) in [5.74, 6) is 1.21. The second-order valence-electron chi connectivity index (χ2n) is 7.18. The fourth-order valence-corrected chi connectivity index (χ4v) is 4.68. The normalized spacial score (nSPS) is 16.5. The zero-order chi connectivity index (χ0) is 20.5. The smallest absolute Gasteiger partial charge is 0.266 e. The van der Waals surface area contributed by atoms with Crippen molar-refractivity contribution in [2.45, 2.75) is 12.8 Å². The Labute approximate surface area is 176 Å². The number of ketones is 1. The van der Waals surface area contributed by atoms with Gasteiger partial charge < -0.3 is 14.4 Å². The second-order valence-corrected chi connectivity index (χ2v) is 8.09. The number of fused-ring (bicyclic) bond motifs is 1. The van der Waals surface area contributed by atoms with E-state index < -0.39 is 0 Å². The summed E-state index contributed by atoms with van der Waals surface area (Å²) in [6.45, 7) is 2.08. The average molecular weight is 425 g/mol. The predicted octanol–water partition coefficient (Wildman–Crippen LogP) is 2.23. The van der Waals surface area contributed by atoms with Crippen LogP contribution in [0.4, 0.5) is 0 Å². The number of rotatable bonds is 4. The first-order valence-electron chi connectivity index (χ1n) is 9.74. The Morgan fingerprint density at radius 2 is 1.87 bits per heavy atom. The van der Waals surface area contributed by atoms with Crippen molar-refractivity contribution in [2.75, 3.05) is 26.3 Å². The molecule has 0 N–H and O–H groups in total. The van der Waals surface area contributed by atoms with Crippen molar-refractivity contribution < 1.29 is 19.1 Å². The van der Waals surface area contributed by atoms with Gasteiger partial charge in [-0.15, -0.1) is 16.4 Å². The average Bonchev–Trinajstić information content (AvgIpc) is 3.49. The second kappa shape index (κ2) is 7.86. The van der Waals surface area contributed by atoms with Gasteiger partial charge in [0, 0.05) is 24.6 Å². The Bertz CT molecular complexity index is 1070. The Kier molecular flexibility index (Phi) is 4.91. The molecule has 0 bridgehead atoms. The summed E-state index contributed by atoms with van der Waals surface area (Å²) in [5, 5.41) is 13.0. The fraction of sp³-hybridized carbons (Fsp3) is 0.350. The largest absolute Gasteiger partial charge is 0.486 e. The molecule has 2 aliphatic heterocycles. The highest BCUT2D eigenvalue weighted by Gasteiger charge is 2.30. The monoisotopic (exact) mass is 425 g/mol. The first-order valence-corrected chi connectivity index (χ1v) is 10.6. The molecule has 3 aromatic rings. The number of likely N-dealkylation sites (tertiary alicyclic amines) is 1. The number of ether oxygens (including phenoxy) is 2. The van der Waals surface area contributed by atoms with E-state index in [0.29, 0.717) is 66.8 Å². The molecule has 4 heterocycles. The Morgan fingerprint density at radius 1 is 1.07 bits per heavy atom. The maximum absolute atomic E-state index is 13.0. The molecule has 1 aromatic carbocycles. The van der Waals surface area contributed by atoms with Gasteiger partial charge >= 0.3 is 0 Å². The van der Waals surface area contributed by atoms with Crippen molar-refractivity contribution in [3.05, 3.63) is 46.4 Å². The van der Waals surface area contributed by atoms with Crippen LogP contribution in [0.15, 0.2) is 36.0 Å². The zero-order valence-corrected chi connectivity index (χ0v) is 16.9. The molecule has 5 rings (SSSR count).